The predicted octanol–water partition coefficient (Wildman–Crippen LogP) is 6.07. The van der Waals surface area contributed by atoms with Gasteiger partial charge in [-0.25, -0.2) is 4.98 Å². The molecular weight excluding hydrogens is 478 g/mol. The Hall–Kier alpha value is -2.80. The highest BCUT2D eigenvalue weighted by Crippen LogP contribution is 2.34. The summed E-state index contributed by atoms with van der Waals surface area (Å²) in [7, 11) is 0. The fourth-order valence-corrected chi connectivity index (χ4v) is 5.38. The molecule has 2 heterocycles. The average Bonchev–Trinajstić information content (AvgIpc) is 3.45. The van der Waals surface area contributed by atoms with Gasteiger partial charge in [0, 0.05) is 24.1 Å². The molecule has 0 unspecified atom stereocenters. The molecule has 1 fully saturated rings. The van der Waals surface area contributed by atoms with Crippen molar-refractivity contribution in [3.05, 3.63) is 77.9 Å². The first-order chi connectivity index (χ1) is 15.9. The third-order valence-corrected chi connectivity index (χ3v) is 7.89. The minimum atomic E-state index is -0.456. The minimum Gasteiger partial charge on any atom is -0.364 e. The van der Waals surface area contributed by atoms with E-state index < -0.39 is 4.92 Å². The highest BCUT2D eigenvalue weighted by molar-refractivity contribution is 8.08. The van der Waals surface area contributed by atoms with E-state index in [1.54, 1.807) is 0 Å². The Labute approximate surface area is 206 Å². The van der Waals surface area contributed by atoms with Gasteiger partial charge < -0.3 is 10.2 Å². The van der Waals surface area contributed by atoms with E-state index in [1.165, 1.54) is 29.2 Å². The number of allylic oxidation sites excluding steroid dienone is 4. The van der Waals surface area contributed by atoms with Gasteiger partial charge in [-0.15, -0.1) is 11.3 Å². The summed E-state index contributed by atoms with van der Waals surface area (Å²) in [6, 6.07) is 9.61. The largest absolute Gasteiger partial charge is 0.364 e. The normalized spacial score (nSPS) is 17.0. The molecule has 172 valence electrons. The summed E-state index contributed by atoms with van der Waals surface area (Å²) >= 11 is 9.24. The molecule has 33 heavy (non-hydrogen) atoms. The lowest BCUT2D eigenvalue weighted by Crippen LogP contribution is -2.25. The minimum absolute atomic E-state index is 0.157. The van der Waals surface area contributed by atoms with Crippen LogP contribution in [0.15, 0.2) is 62.8 Å². The molecule has 1 aromatic heterocycles. The number of nitro groups is 1. The van der Waals surface area contributed by atoms with Crippen molar-refractivity contribution in [3.8, 4) is 6.07 Å². The van der Waals surface area contributed by atoms with Crippen molar-refractivity contribution in [2.24, 2.45) is 0 Å². The quantitative estimate of drug-likeness (QED) is 0.266. The smallest absolute Gasteiger partial charge is 0.310 e. The Kier molecular flexibility index (Phi) is 8.55. The summed E-state index contributed by atoms with van der Waals surface area (Å²) in [6.45, 7) is 7.62. The fraction of sp³-hybridized carbons (Fsp3) is 0.304. The number of hydrogen-bond acceptors (Lipinski definition) is 8. The maximum atomic E-state index is 12.0. The average molecular weight is 502 g/mol. The number of rotatable bonds is 8. The molecule has 3 rings (SSSR count). The Bertz CT molecular complexity index is 1190. The first-order valence-electron chi connectivity index (χ1n) is 10.4. The van der Waals surface area contributed by atoms with Crippen LogP contribution in [-0.4, -0.2) is 34.4 Å². The van der Waals surface area contributed by atoms with Gasteiger partial charge in [0.05, 0.1) is 31.6 Å². The Balaban J connectivity index is 1.95. The predicted molar refractivity (Wildman–Crippen MR) is 137 cm³/mol. The zero-order chi connectivity index (χ0) is 24.0. The topological polar surface area (TPSA) is 95.1 Å². The van der Waals surface area contributed by atoms with E-state index in [4.69, 9.17) is 11.6 Å². The lowest BCUT2D eigenvalue weighted by Gasteiger charge is -2.20. The molecule has 1 N–H and O–H groups in total. The lowest BCUT2D eigenvalue weighted by atomic mass is 10.2. The van der Waals surface area contributed by atoms with Crippen LogP contribution in [0.3, 0.4) is 0 Å². The van der Waals surface area contributed by atoms with Crippen LogP contribution >= 0.6 is 34.7 Å². The number of nitrogens with one attached hydrogen (secondary N) is 1. The second-order valence-corrected chi connectivity index (χ2v) is 10.0. The second kappa shape index (κ2) is 11.4. The molecule has 10 heteroatoms. The standard InChI is InChI=1S/C23H24ClN5O2S2/c1-4-15(3)21(24)32-17(5-2)14-28-11-10-26-22(28)19(29(30)31)12-16(13-25)23-27-18-8-6-7-9-20(18)33-23/h5-9,12,26H,4,10-11,14H2,1-3H3/b16-12+,17-5-,21-15?,22-19-. The molecule has 0 saturated carbocycles. The molecule has 1 aliphatic heterocycles. The van der Waals surface area contributed by atoms with E-state index in [-0.39, 0.29) is 11.3 Å². The zero-order valence-electron chi connectivity index (χ0n) is 18.6. The van der Waals surface area contributed by atoms with E-state index in [0.29, 0.717) is 30.5 Å². The number of thioether (sulfide) groups is 1. The van der Waals surface area contributed by atoms with Crippen LogP contribution in [0.1, 0.15) is 32.2 Å². The van der Waals surface area contributed by atoms with Crippen molar-refractivity contribution in [2.75, 3.05) is 19.6 Å². The Morgan fingerprint density at radius 3 is 2.88 bits per heavy atom. The van der Waals surface area contributed by atoms with Gasteiger partial charge in [0.25, 0.3) is 0 Å². The van der Waals surface area contributed by atoms with E-state index in [0.717, 1.165) is 31.5 Å². The van der Waals surface area contributed by atoms with Crippen molar-refractivity contribution in [1.82, 2.24) is 15.2 Å². The molecule has 0 radical (unpaired) electrons. The van der Waals surface area contributed by atoms with E-state index in [1.807, 2.05) is 56.0 Å². The molecule has 7 nitrogen and oxygen atoms in total. The monoisotopic (exact) mass is 501 g/mol. The Morgan fingerprint density at radius 1 is 1.48 bits per heavy atom. The molecule has 1 saturated heterocycles. The Morgan fingerprint density at radius 2 is 2.24 bits per heavy atom. The third kappa shape index (κ3) is 5.96. The molecule has 2 aromatic rings. The molecule has 0 aliphatic carbocycles. The van der Waals surface area contributed by atoms with Crippen LogP contribution in [-0.2, 0) is 0 Å². The van der Waals surface area contributed by atoms with Crippen molar-refractivity contribution >= 4 is 50.5 Å². The van der Waals surface area contributed by atoms with Gasteiger partial charge in [-0.1, -0.05) is 48.5 Å². The molecule has 0 bridgehead atoms. The van der Waals surface area contributed by atoms with E-state index in [9.17, 15) is 15.4 Å². The van der Waals surface area contributed by atoms with Crippen molar-refractivity contribution in [2.45, 2.75) is 27.2 Å². The summed E-state index contributed by atoms with van der Waals surface area (Å²) < 4.78 is 1.65. The fourth-order valence-electron chi connectivity index (χ4n) is 3.13. The maximum absolute atomic E-state index is 12.0. The second-order valence-electron chi connectivity index (χ2n) is 7.26. The van der Waals surface area contributed by atoms with E-state index in [2.05, 4.69) is 16.4 Å². The third-order valence-electron chi connectivity index (χ3n) is 5.11. The zero-order valence-corrected chi connectivity index (χ0v) is 21.0. The SMILES string of the molecule is C/C=C(/CN1CCN/C1=C(\C=C(/C#N)c1nc2ccccc2s1)[N+](=O)[O-])SC(Cl)=C(C)CC. The van der Waals surface area contributed by atoms with E-state index >= 15 is 0 Å². The van der Waals surface area contributed by atoms with Gasteiger partial charge in [0.15, 0.2) is 5.82 Å². The molecular formula is C23H24ClN5O2S2. The van der Waals surface area contributed by atoms with Crippen LogP contribution in [0.2, 0.25) is 0 Å². The van der Waals surface area contributed by atoms with Crippen LogP contribution in [0.5, 0.6) is 0 Å². The van der Waals surface area contributed by atoms with Gasteiger partial charge in [0.2, 0.25) is 0 Å². The number of nitrogens with zero attached hydrogens (tertiary/aromatic N) is 4. The highest BCUT2D eigenvalue weighted by Gasteiger charge is 2.28. The van der Waals surface area contributed by atoms with Crippen LogP contribution in [0.4, 0.5) is 0 Å². The molecule has 0 amide bonds. The van der Waals surface area contributed by atoms with Crippen LogP contribution < -0.4 is 5.32 Å². The number of nitriles is 1. The number of benzene rings is 1. The van der Waals surface area contributed by atoms with Gasteiger partial charge >= 0.3 is 5.70 Å². The number of halogens is 1. The van der Waals surface area contributed by atoms with Crippen LogP contribution in [0, 0.1) is 21.4 Å². The highest BCUT2D eigenvalue weighted by atomic mass is 35.5. The summed E-state index contributed by atoms with van der Waals surface area (Å²) in [5.74, 6) is 0.390. The lowest BCUT2D eigenvalue weighted by molar-refractivity contribution is -0.421. The number of thiazole rings is 1. The van der Waals surface area contributed by atoms with Gasteiger partial charge in [0.1, 0.15) is 11.1 Å². The molecule has 1 aromatic carbocycles. The number of fused-ring (bicyclic) bond motifs is 1. The van der Waals surface area contributed by atoms with Crippen molar-refractivity contribution < 1.29 is 4.92 Å². The van der Waals surface area contributed by atoms with Gasteiger partial charge in [-0.05, 0) is 38.0 Å². The summed E-state index contributed by atoms with van der Waals surface area (Å²) in [5.41, 5.74) is 1.86. The molecule has 1 aliphatic rings. The summed E-state index contributed by atoms with van der Waals surface area (Å²) in [4.78, 5) is 18.9. The first kappa shape index (κ1) is 24.8. The number of aromatic nitrogens is 1. The van der Waals surface area contributed by atoms with Crippen LogP contribution in [0.25, 0.3) is 15.8 Å². The number of hydrogen-bond donors (Lipinski definition) is 1. The van der Waals surface area contributed by atoms with Crippen molar-refractivity contribution in [1.29, 1.82) is 5.26 Å². The van der Waals surface area contributed by atoms with Gasteiger partial charge in [-0.3, -0.25) is 10.1 Å². The maximum Gasteiger partial charge on any atom is 0.310 e. The first-order valence-corrected chi connectivity index (χ1v) is 12.4. The van der Waals surface area contributed by atoms with Crippen molar-refractivity contribution in [3.63, 3.8) is 0 Å². The molecule has 0 spiro atoms. The number of para-hydroxylation sites is 1. The summed E-state index contributed by atoms with van der Waals surface area (Å²) in [5, 5.41) is 25.3. The summed E-state index contributed by atoms with van der Waals surface area (Å²) in [6.07, 6.45) is 4.14. The molecule has 0 atom stereocenters. The van der Waals surface area contributed by atoms with Gasteiger partial charge in [-0.2, -0.15) is 5.26 Å².